The van der Waals surface area contributed by atoms with Gasteiger partial charge in [0.05, 0.1) is 37.6 Å². The van der Waals surface area contributed by atoms with E-state index in [9.17, 15) is 9.59 Å². The minimum Gasteiger partial charge on any atom is -0.493 e. The van der Waals surface area contributed by atoms with Gasteiger partial charge in [-0.05, 0) is 19.1 Å². The molecule has 0 saturated carbocycles. The Kier molecular flexibility index (Phi) is 6.90. The van der Waals surface area contributed by atoms with Crippen molar-refractivity contribution in [2.45, 2.75) is 13.0 Å². The summed E-state index contributed by atoms with van der Waals surface area (Å²) in [6.45, 7) is 1.57. The number of hydrogen-bond donors (Lipinski definition) is 1. The van der Waals surface area contributed by atoms with E-state index in [4.69, 9.17) is 30.5 Å². The topological polar surface area (TPSA) is 83.1 Å². The lowest BCUT2D eigenvalue weighted by Crippen LogP contribution is -2.31. The maximum Gasteiger partial charge on any atom is 0.340 e. The van der Waals surface area contributed by atoms with Crippen LogP contribution in [-0.4, -0.2) is 39.3 Å². The highest BCUT2D eigenvalue weighted by Gasteiger charge is 2.22. The van der Waals surface area contributed by atoms with Crippen LogP contribution in [0.2, 0.25) is 5.02 Å². The largest absolute Gasteiger partial charge is 0.493 e. The molecule has 144 valence electrons. The maximum absolute atomic E-state index is 12.5. The fraction of sp³-hybridized carbons (Fsp3) is 0.263. The standard InChI is InChI=1S/C19H20ClNO6/c1-11(27-15-8-6-5-7-13(15)20)18(22)21-14-10-17(25-3)16(24-2)9-12(14)19(23)26-4/h5-11H,1-4H3,(H,21,22)/t11-/m0/s1. The second-order valence-corrected chi connectivity index (χ2v) is 5.83. The summed E-state index contributed by atoms with van der Waals surface area (Å²) < 4.78 is 20.8. The van der Waals surface area contributed by atoms with E-state index in [0.717, 1.165) is 0 Å². The lowest BCUT2D eigenvalue weighted by Gasteiger charge is -2.18. The fourth-order valence-corrected chi connectivity index (χ4v) is 2.46. The zero-order valence-corrected chi connectivity index (χ0v) is 16.1. The Labute approximate surface area is 162 Å². The molecular weight excluding hydrogens is 374 g/mol. The van der Waals surface area contributed by atoms with Crippen molar-refractivity contribution in [3.8, 4) is 17.2 Å². The van der Waals surface area contributed by atoms with E-state index in [2.05, 4.69) is 5.32 Å². The molecule has 0 aliphatic rings. The Balaban J connectivity index is 2.27. The number of methoxy groups -OCH3 is 3. The second-order valence-electron chi connectivity index (χ2n) is 5.42. The van der Waals surface area contributed by atoms with Gasteiger partial charge in [0.2, 0.25) is 0 Å². The second kappa shape index (κ2) is 9.14. The van der Waals surface area contributed by atoms with E-state index in [1.54, 1.807) is 31.2 Å². The molecule has 0 aliphatic carbocycles. The predicted molar refractivity (Wildman–Crippen MR) is 101 cm³/mol. The first kappa shape index (κ1) is 20.4. The van der Waals surface area contributed by atoms with E-state index in [-0.39, 0.29) is 11.3 Å². The summed E-state index contributed by atoms with van der Waals surface area (Å²) in [4.78, 5) is 24.6. The lowest BCUT2D eigenvalue weighted by atomic mass is 10.1. The summed E-state index contributed by atoms with van der Waals surface area (Å²) in [5.41, 5.74) is 0.326. The Bertz CT molecular complexity index is 839. The summed E-state index contributed by atoms with van der Waals surface area (Å²) >= 11 is 6.04. The third kappa shape index (κ3) is 4.83. The number of para-hydroxylation sites is 1. The van der Waals surface area contributed by atoms with Gasteiger partial charge in [0.1, 0.15) is 5.75 Å². The average Bonchev–Trinajstić information content (AvgIpc) is 2.68. The van der Waals surface area contributed by atoms with Gasteiger partial charge in [-0.1, -0.05) is 23.7 Å². The van der Waals surface area contributed by atoms with Crippen molar-refractivity contribution >= 4 is 29.2 Å². The first-order valence-electron chi connectivity index (χ1n) is 7.97. The molecule has 2 rings (SSSR count). The fourth-order valence-electron chi connectivity index (χ4n) is 2.28. The van der Waals surface area contributed by atoms with Crippen molar-refractivity contribution in [1.82, 2.24) is 0 Å². The van der Waals surface area contributed by atoms with Crippen molar-refractivity contribution in [1.29, 1.82) is 0 Å². The molecular formula is C19H20ClNO6. The number of benzene rings is 2. The molecule has 1 atom stereocenters. The number of anilines is 1. The van der Waals surface area contributed by atoms with E-state index in [1.807, 2.05) is 0 Å². The Morgan fingerprint density at radius 1 is 1.00 bits per heavy atom. The van der Waals surface area contributed by atoms with Gasteiger partial charge in [-0.15, -0.1) is 0 Å². The first-order valence-corrected chi connectivity index (χ1v) is 8.35. The van der Waals surface area contributed by atoms with E-state index in [0.29, 0.717) is 22.3 Å². The molecule has 1 amide bonds. The first-order chi connectivity index (χ1) is 12.9. The number of halogens is 1. The number of carbonyl (C=O) groups is 2. The molecule has 0 heterocycles. The predicted octanol–water partition coefficient (Wildman–Crippen LogP) is 3.55. The molecule has 0 radical (unpaired) electrons. The van der Waals surface area contributed by atoms with E-state index in [1.165, 1.54) is 33.5 Å². The van der Waals surface area contributed by atoms with Crippen molar-refractivity contribution in [2.24, 2.45) is 0 Å². The number of amides is 1. The minimum atomic E-state index is -0.872. The lowest BCUT2D eigenvalue weighted by molar-refractivity contribution is -0.122. The Hall–Kier alpha value is -2.93. The Morgan fingerprint density at radius 2 is 1.63 bits per heavy atom. The van der Waals surface area contributed by atoms with Gasteiger partial charge >= 0.3 is 5.97 Å². The number of esters is 1. The van der Waals surface area contributed by atoms with Crippen LogP contribution in [-0.2, 0) is 9.53 Å². The molecule has 7 nitrogen and oxygen atoms in total. The highest BCUT2D eigenvalue weighted by molar-refractivity contribution is 6.32. The zero-order chi connectivity index (χ0) is 20.0. The van der Waals surface area contributed by atoms with Gasteiger partial charge in [-0.25, -0.2) is 4.79 Å². The summed E-state index contributed by atoms with van der Waals surface area (Å²) in [6.07, 6.45) is -0.872. The van der Waals surface area contributed by atoms with Crippen LogP contribution in [0.5, 0.6) is 17.2 Å². The van der Waals surface area contributed by atoms with Gasteiger partial charge in [0, 0.05) is 12.1 Å². The van der Waals surface area contributed by atoms with E-state index < -0.39 is 18.0 Å². The van der Waals surface area contributed by atoms with Crippen LogP contribution in [0.25, 0.3) is 0 Å². The Morgan fingerprint density at radius 3 is 2.22 bits per heavy atom. The molecule has 0 aromatic heterocycles. The summed E-state index contributed by atoms with van der Waals surface area (Å²) in [7, 11) is 4.13. The number of carbonyl (C=O) groups excluding carboxylic acids is 2. The van der Waals surface area contributed by atoms with Crippen LogP contribution >= 0.6 is 11.6 Å². The minimum absolute atomic E-state index is 0.119. The third-order valence-corrected chi connectivity index (χ3v) is 4.01. The highest BCUT2D eigenvalue weighted by atomic mass is 35.5. The molecule has 0 spiro atoms. The molecule has 0 aliphatic heterocycles. The monoisotopic (exact) mass is 393 g/mol. The number of hydrogen-bond acceptors (Lipinski definition) is 6. The summed E-state index contributed by atoms with van der Waals surface area (Å²) in [6, 6.07) is 9.72. The average molecular weight is 394 g/mol. The van der Waals surface area contributed by atoms with Gasteiger partial charge < -0.3 is 24.3 Å². The molecule has 2 aromatic rings. The van der Waals surface area contributed by atoms with Crippen molar-refractivity contribution in [3.05, 3.63) is 47.0 Å². The van der Waals surface area contributed by atoms with Crippen molar-refractivity contribution in [2.75, 3.05) is 26.6 Å². The summed E-state index contributed by atoms with van der Waals surface area (Å²) in [5.74, 6) is -0.0584. The third-order valence-electron chi connectivity index (χ3n) is 3.70. The van der Waals surface area contributed by atoms with Crippen LogP contribution in [0, 0.1) is 0 Å². The molecule has 8 heteroatoms. The molecule has 0 bridgehead atoms. The summed E-state index contributed by atoms with van der Waals surface area (Å²) in [5, 5.41) is 3.04. The van der Waals surface area contributed by atoms with Crippen LogP contribution in [0.1, 0.15) is 17.3 Å². The number of ether oxygens (including phenoxy) is 4. The quantitative estimate of drug-likeness (QED) is 0.724. The maximum atomic E-state index is 12.5. The highest BCUT2D eigenvalue weighted by Crippen LogP contribution is 2.34. The van der Waals surface area contributed by atoms with Crippen LogP contribution in [0.3, 0.4) is 0 Å². The molecule has 27 heavy (non-hydrogen) atoms. The van der Waals surface area contributed by atoms with Gasteiger partial charge in [0.15, 0.2) is 17.6 Å². The number of nitrogens with one attached hydrogen (secondary N) is 1. The molecule has 2 aromatic carbocycles. The van der Waals surface area contributed by atoms with E-state index >= 15 is 0 Å². The molecule has 0 saturated heterocycles. The normalized spacial score (nSPS) is 11.3. The SMILES string of the molecule is COC(=O)c1cc(OC)c(OC)cc1NC(=O)[C@H](C)Oc1ccccc1Cl. The van der Waals surface area contributed by atoms with Crippen LogP contribution in [0.15, 0.2) is 36.4 Å². The zero-order valence-electron chi connectivity index (χ0n) is 15.4. The van der Waals surface area contributed by atoms with Crippen LogP contribution < -0.4 is 19.5 Å². The van der Waals surface area contributed by atoms with Crippen molar-refractivity contribution < 1.29 is 28.5 Å². The van der Waals surface area contributed by atoms with Gasteiger partial charge in [-0.2, -0.15) is 0 Å². The molecule has 0 fully saturated rings. The number of rotatable bonds is 7. The van der Waals surface area contributed by atoms with Gasteiger partial charge in [0.25, 0.3) is 5.91 Å². The molecule has 0 unspecified atom stereocenters. The smallest absolute Gasteiger partial charge is 0.340 e. The van der Waals surface area contributed by atoms with Gasteiger partial charge in [-0.3, -0.25) is 4.79 Å². The van der Waals surface area contributed by atoms with Crippen LogP contribution in [0.4, 0.5) is 5.69 Å². The van der Waals surface area contributed by atoms with Crippen molar-refractivity contribution in [3.63, 3.8) is 0 Å². The molecule has 1 N–H and O–H groups in total.